The summed E-state index contributed by atoms with van der Waals surface area (Å²) in [5.41, 5.74) is 4.29. The van der Waals surface area contributed by atoms with Crippen LogP contribution in [-0.2, 0) is 14.2 Å². The molecule has 4 atom stereocenters. The Labute approximate surface area is 258 Å². The lowest BCUT2D eigenvalue weighted by molar-refractivity contribution is -0.140. The number of phenolic OH excluding ortho intramolecular Hbond substituents is 1. The number of benzene rings is 2. The summed E-state index contributed by atoms with van der Waals surface area (Å²) in [6.45, 7) is 2.63. The Morgan fingerprint density at radius 1 is 1.05 bits per heavy atom. The van der Waals surface area contributed by atoms with E-state index in [0.717, 1.165) is 28.2 Å². The highest BCUT2D eigenvalue weighted by Gasteiger charge is 2.57. The number of phenols is 1. The normalized spacial score (nSPS) is 23.5. The number of amides is 2. The first-order chi connectivity index (χ1) is 21.4. The van der Waals surface area contributed by atoms with Crippen LogP contribution < -0.4 is 4.74 Å². The Kier molecular flexibility index (Phi) is 8.95. The molecule has 6 rings (SSSR count). The molecule has 0 spiro atoms. The maximum atomic E-state index is 13.7. The van der Waals surface area contributed by atoms with Gasteiger partial charge in [-0.25, -0.2) is 0 Å². The molecule has 8 nitrogen and oxygen atoms in total. The molecule has 3 heterocycles. The summed E-state index contributed by atoms with van der Waals surface area (Å²) in [7, 11) is -1.06. The lowest BCUT2D eigenvalue weighted by Crippen LogP contribution is -2.46. The fourth-order valence-corrected chi connectivity index (χ4v) is 7.00. The van der Waals surface area contributed by atoms with Gasteiger partial charge in [0.15, 0.2) is 0 Å². The van der Waals surface area contributed by atoms with Crippen molar-refractivity contribution in [3.05, 3.63) is 101 Å². The standard InChI is InChI=1S/C35H37BN2O6/c1-2-18-38-34(40)27-20-25(22-43-26-11-4-3-5-12-26)32-28(33(27)35(38)41)21-36(42)44-31(32)16-15-23(29-13-8-9-17-37-29)19-24-10-6-7-14-30(24)39/h3-14,17,19,27-28,31,33,39,42H,2,15-16,18,20-22H2,1H3/b23-19-/t27-,28+,31-,33-/m1/s1. The van der Waals surface area contributed by atoms with Gasteiger partial charge in [-0.05, 0) is 91.0 Å². The predicted octanol–water partition coefficient (Wildman–Crippen LogP) is 5.39. The highest BCUT2D eigenvalue weighted by Crippen LogP contribution is 2.51. The Bertz CT molecular complexity index is 1560. The number of fused-ring (bicyclic) bond motifs is 3. The van der Waals surface area contributed by atoms with Gasteiger partial charge in [0.1, 0.15) is 18.1 Å². The zero-order valence-electron chi connectivity index (χ0n) is 24.8. The van der Waals surface area contributed by atoms with Crippen LogP contribution >= 0.6 is 0 Å². The third-order valence-corrected chi connectivity index (χ3v) is 8.94. The van der Waals surface area contributed by atoms with Gasteiger partial charge in [-0.3, -0.25) is 19.5 Å². The van der Waals surface area contributed by atoms with Crippen molar-refractivity contribution in [2.75, 3.05) is 13.2 Å². The monoisotopic (exact) mass is 592 g/mol. The number of allylic oxidation sites excluding steroid dienone is 1. The summed E-state index contributed by atoms with van der Waals surface area (Å²) in [6, 6.07) is 22.4. The minimum absolute atomic E-state index is 0.126. The third kappa shape index (κ3) is 6.07. The summed E-state index contributed by atoms with van der Waals surface area (Å²) >= 11 is 0. The largest absolute Gasteiger partial charge is 0.507 e. The molecule has 3 aliphatic rings. The maximum Gasteiger partial charge on any atom is 0.455 e. The molecule has 9 heteroatoms. The van der Waals surface area contributed by atoms with E-state index >= 15 is 0 Å². The fourth-order valence-electron chi connectivity index (χ4n) is 7.00. The van der Waals surface area contributed by atoms with Crippen molar-refractivity contribution >= 4 is 30.6 Å². The zero-order valence-corrected chi connectivity index (χ0v) is 24.8. The first-order valence-electron chi connectivity index (χ1n) is 15.4. The Morgan fingerprint density at radius 2 is 1.82 bits per heavy atom. The number of carbonyl (C=O) groups excluding carboxylic acids is 2. The van der Waals surface area contributed by atoms with E-state index in [1.165, 1.54) is 4.90 Å². The van der Waals surface area contributed by atoms with Gasteiger partial charge in [-0.1, -0.05) is 49.4 Å². The molecule has 2 N–H and O–H groups in total. The number of likely N-dealkylation sites (tertiary alicyclic amines) is 1. The van der Waals surface area contributed by atoms with Crippen LogP contribution in [0.2, 0.25) is 6.32 Å². The Balaban J connectivity index is 1.35. The molecule has 2 aliphatic heterocycles. The van der Waals surface area contributed by atoms with E-state index in [0.29, 0.717) is 37.8 Å². The molecule has 44 heavy (non-hydrogen) atoms. The van der Waals surface area contributed by atoms with Gasteiger partial charge >= 0.3 is 7.12 Å². The predicted molar refractivity (Wildman–Crippen MR) is 168 cm³/mol. The van der Waals surface area contributed by atoms with Crippen molar-refractivity contribution in [2.45, 2.75) is 45.0 Å². The molecule has 3 aromatic rings. The zero-order chi connectivity index (χ0) is 30.6. The van der Waals surface area contributed by atoms with Crippen molar-refractivity contribution in [3.8, 4) is 11.5 Å². The molecule has 226 valence electrons. The highest BCUT2D eigenvalue weighted by molar-refractivity contribution is 6.43. The van der Waals surface area contributed by atoms with Gasteiger partial charge in [-0.2, -0.15) is 0 Å². The van der Waals surface area contributed by atoms with Gasteiger partial charge in [0.05, 0.1) is 23.6 Å². The van der Waals surface area contributed by atoms with Crippen LogP contribution in [0, 0.1) is 17.8 Å². The number of nitrogens with zero attached hydrogens (tertiary/aromatic N) is 2. The number of pyridine rings is 1. The Morgan fingerprint density at radius 3 is 2.57 bits per heavy atom. The molecule has 1 aliphatic carbocycles. The molecule has 2 saturated heterocycles. The average molecular weight is 593 g/mol. The molecule has 0 radical (unpaired) electrons. The molecular weight excluding hydrogens is 555 g/mol. The van der Waals surface area contributed by atoms with E-state index in [4.69, 9.17) is 9.39 Å². The van der Waals surface area contributed by atoms with E-state index in [-0.39, 0.29) is 36.4 Å². The molecule has 0 saturated carbocycles. The van der Waals surface area contributed by atoms with E-state index in [1.807, 2.05) is 73.7 Å². The molecule has 2 aromatic carbocycles. The van der Waals surface area contributed by atoms with Crippen LogP contribution in [0.1, 0.15) is 43.9 Å². The molecule has 1 aromatic heterocycles. The van der Waals surface area contributed by atoms with E-state index in [9.17, 15) is 19.7 Å². The number of hydrogen-bond acceptors (Lipinski definition) is 7. The smallest absolute Gasteiger partial charge is 0.455 e. The summed E-state index contributed by atoms with van der Waals surface area (Å²) in [4.78, 5) is 33.1. The van der Waals surface area contributed by atoms with Crippen molar-refractivity contribution in [1.29, 1.82) is 0 Å². The number of rotatable bonds is 10. The van der Waals surface area contributed by atoms with Gasteiger partial charge in [0, 0.05) is 18.3 Å². The minimum atomic E-state index is -1.06. The van der Waals surface area contributed by atoms with Crippen molar-refractivity contribution < 1.29 is 29.1 Å². The summed E-state index contributed by atoms with van der Waals surface area (Å²) in [5.74, 6) is -0.682. The van der Waals surface area contributed by atoms with Crippen molar-refractivity contribution in [1.82, 2.24) is 9.88 Å². The number of para-hydroxylation sites is 2. The van der Waals surface area contributed by atoms with Gasteiger partial charge in [0.2, 0.25) is 11.8 Å². The summed E-state index contributed by atoms with van der Waals surface area (Å²) < 4.78 is 12.4. The van der Waals surface area contributed by atoms with E-state index in [2.05, 4.69) is 4.98 Å². The highest BCUT2D eigenvalue weighted by atomic mass is 16.5. The van der Waals surface area contributed by atoms with E-state index < -0.39 is 25.1 Å². The first-order valence-corrected chi connectivity index (χ1v) is 15.4. The molecule has 0 unspecified atom stereocenters. The molecule has 0 bridgehead atoms. The Hall–Kier alpha value is -4.21. The minimum Gasteiger partial charge on any atom is -0.507 e. The van der Waals surface area contributed by atoms with Crippen molar-refractivity contribution in [2.24, 2.45) is 17.8 Å². The van der Waals surface area contributed by atoms with Crippen molar-refractivity contribution in [3.63, 3.8) is 0 Å². The van der Waals surface area contributed by atoms with Crippen LogP contribution in [-0.4, -0.2) is 58.2 Å². The number of aromatic nitrogens is 1. The van der Waals surface area contributed by atoms with Gasteiger partial charge in [-0.15, -0.1) is 0 Å². The number of ether oxygens (including phenoxy) is 1. The second-order valence-electron chi connectivity index (χ2n) is 11.7. The van der Waals surface area contributed by atoms with E-state index in [1.54, 1.807) is 18.3 Å². The number of imide groups is 1. The number of hydrogen-bond donors (Lipinski definition) is 2. The second kappa shape index (κ2) is 13.2. The first kappa shape index (κ1) is 29.8. The third-order valence-electron chi connectivity index (χ3n) is 8.94. The maximum absolute atomic E-state index is 13.7. The SMILES string of the molecule is CCCN1C(=O)[C@@H]2[C@@H](CC(COc3ccccc3)=C3[C@@H](CC/C(=C/c4ccccc4O)c4ccccn4)OB(O)C[C@@H]32)C1=O. The van der Waals surface area contributed by atoms with Crippen LogP contribution in [0.4, 0.5) is 0 Å². The topological polar surface area (TPSA) is 109 Å². The van der Waals surface area contributed by atoms with Crippen LogP contribution in [0.3, 0.4) is 0 Å². The summed E-state index contributed by atoms with van der Waals surface area (Å²) in [5, 5.41) is 21.4. The van der Waals surface area contributed by atoms with Gasteiger partial charge in [0.25, 0.3) is 0 Å². The van der Waals surface area contributed by atoms with Gasteiger partial charge < -0.3 is 19.5 Å². The number of aromatic hydroxyl groups is 1. The molecular formula is C35H37BN2O6. The lowest BCUT2D eigenvalue weighted by atomic mass is 9.58. The molecule has 2 amide bonds. The summed E-state index contributed by atoms with van der Waals surface area (Å²) in [6.07, 6.45) is 5.59. The quantitative estimate of drug-likeness (QED) is 0.185. The van der Waals surface area contributed by atoms with Crippen LogP contribution in [0.15, 0.2) is 90.1 Å². The molecule has 2 fully saturated rings. The number of carbonyl (C=O) groups is 2. The fraction of sp³-hybridized carbons (Fsp3) is 0.343. The van der Waals surface area contributed by atoms with Crippen LogP contribution in [0.5, 0.6) is 11.5 Å². The lowest BCUT2D eigenvalue weighted by Gasteiger charge is -2.43. The average Bonchev–Trinajstić information content (AvgIpc) is 3.28. The second-order valence-corrected chi connectivity index (χ2v) is 11.7. The van der Waals surface area contributed by atoms with Crippen LogP contribution in [0.25, 0.3) is 11.6 Å².